The molecule has 0 aliphatic heterocycles. The zero-order valence-corrected chi connectivity index (χ0v) is 14.6. The minimum atomic E-state index is -3.70. The molecule has 0 saturated carbocycles. The normalized spacial score (nSPS) is 12.9. The van der Waals surface area contributed by atoms with Crippen molar-refractivity contribution < 1.29 is 13.2 Å². The van der Waals surface area contributed by atoms with Crippen LogP contribution in [0.15, 0.2) is 57.9 Å². The van der Waals surface area contributed by atoms with Gasteiger partial charge in [-0.25, -0.2) is 13.1 Å². The first kappa shape index (κ1) is 16.9. The molecule has 116 valence electrons. The number of ketones is 1. The maximum atomic E-state index is 12.5. The topological polar surface area (TPSA) is 63.2 Å². The third-order valence-electron chi connectivity index (χ3n) is 3.25. The van der Waals surface area contributed by atoms with E-state index in [4.69, 9.17) is 0 Å². The van der Waals surface area contributed by atoms with Crippen LogP contribution >= 0.6 is 15.9 Å². The fourth-order valence-corrected chi connectivity index (χ4v) is 3.97. The van der Waals surface area contributed by atoms with Gasteiger partial charge in [-0.15, -0.1) is 0 Å². The van der Waals surface area contributed by atoms with Gasteiger partial charge in [0.25, 0.3) is 0 Å². The standard InChI is InChI=1S/C16H16BrNO3S/c1-11(15-8-3-4-9-16(15)17)18-22(20,21)14-7-5-6-13(10-14)12(2)19/h3-11,18H,1-2H3/t11-/m1/s1. The number of carbonyl (C=O) groups excluding carboxylic acids is 1. The number of halogens is 1. The van der Waals surface area contributed by atoms with Crippen LogP contribution in [-0.2, 0) is 10.0 Å². The highest BCUT2D eigenvalue weighted by atomic mass is 79.9. The molecule has 1 N–H and O–H groups in total. The van der Waals surface area contributed by atoms with E-state index in [1.165, 1.54) is 19.1 Å². The van der Waals surface area contributed by atoms with E-state index in [0.717, 1.165) is 10.0 Å². The van der Waals surface area contributed by atoms with E-state index in [1.807, 2.05) is 24.3 Å². The summed E-state index contributed by atoms with van der Waals surface area (Å²) >= 11 is 3.41. The molecule has 4 nitrogen and oxygen atoms in total. The first-order valence-electron chi connectivity index (χ1n) is 6.69. The lowest BCUT2D eigenvalue weighted by atomic mass is 10.1. The van der Waals surface area contributed by atoms with Crippen molar-refractivity contribution >= 4 is 31.7 Å². The molecule has 0 aliphatic rings. The summed E-state index contributed by atoms with van der Waals surface area (Å²) < 4.78 is 28.4. The Bertz CT molecular complexity index is 803. The average Bonchev–Trinajstić information content (AvgIpc) is 2.47. The van der Waals surface area contributed by atoms with Gasteiger partial charge in [-0.2, -0.15) is 0 Å². The maximum Gasteiger partial charge on any atom is 0.241 e. The molecular weight excluding hydrogens is 366 g/mol. The van der Waals surface area contributed by atoms with Crippen molar-refractivity contribution in [2.24, 2.45) is 0 Å². The molecular formula is C16H16BrNO3S. The Morgan fingerprint density at radius 1 is 1.14 bits per heavy atom. The predicted molar refractivity (Wildman–Crippen MR) is 89.3 cm³/mol. The largest absolute Gasteiger partial charge is 0.295 e. The van der Waals surface area contributed by atoms with Gasteiger partial charge in [0.2, 0.25) is 10.0 Å². The smallest absolute Gasteiger partial charge is 0.241 e. The maximum absolute atomic E-state index is 12.5. The molecule has 0 aliphatic carbocycles. The summed E-state index contributed by atoms with van der Waals surface area (Å²) in [4.78, 5) is 11.5. The number of Topliss-reactive ketones (excluding diaryl/α,β-unsaturated/α-hetero) is 1. The number of hydrogen-bond donors (Lipinski definition) is 1. The quantitative estimate of drug-likeness (QED) is 0.803. The van der Waals surface area contributed by atoms with Crippen LogP contribution in [-0.4, -0.2) is 14.2 Å². The Hall–Kier alpha value is -1.50. The van der Waals surface area contributed by atoms with Crippen LogP contribution in [0.2, 0.25) is 0 Å². The van der Waals surface area contributed by atoms with E-state index in [-0.39, 0.29) is 10.7 Å². The number of hydrogen-bond acceptors (Lipinski definition) is 3. The van der Waals surface area contributed by atoms with Gasteiger partial charge < -0.3 is 0 Å². The number of nitrogens with one attached hydrogen (secondary N) is 1. The van der Waals surface area contributed by atoms with Gasteiger partial charge in [0.15, 0.2) is 5.78 Å². The Balaban J connectivity index is 2.30. The molecule has 22 heavy (non-hydrogen) atoms. The molecule has 0 amide bonds. The molecule has 0 spiro atoms. The van der Waals surface area contributed by atoms with E-state index in [9.17, 15) is 13.2 Å². The number of carbonyl (C=O) groups is 1. The van der Waals surface area contributed by atoms with E-state index in [0.29, 0.717) is 5.56 Å². The summed E-state index contributed by atoms with van der Waals surface area (Å²) in [6.45, 7) is 3.18. The zero-order chi connectivity index (χ0) is 16.3. The molecule has 0 bridgehead atoms. The molecule has 0 unspecified atom stereocenters. The molecule has 0 fully saturated rings. The molecule has 2 aromatic rings. The third-order valence-corrected chi connectivity index (χ3v) is 5.52. The Labute approximate surface area is 138 Å². The fourth-order valence-electron chi connectivity index (χ4n) is 2.07. The molecule has 0 radical (unpaired) electrons. The molecule has 0 heterocycles. The van der Waals surface area contributed by atoms with Gasteiger partial charge in [0.1, 0.15) is 0 Å². The molecule has 0 aromatic heterocycles. The van der Waals surface area contributed by atoms with Crippen molar-refractivity contribution in [2.75, 3.05) is 0 Å². The monoisotopic (exact) mass is 381 g/mol. The number of benzene rings is 2. The van der Waals surface area contributed by atoms with E-state index < -0.39 is 16.1 Å². The summed E-state index contributed by atoms with van der Waals surface area (Å²) in [7, 11) is -3.70. The third kappa shape index (κ3) is 3.82. The van der Waals surface area contributed by atoms with Crippen LogP contribution in [0.5, 0.6) is 0 Å². The molecule has 1 atom stereocenters. The van der Waals surface area contributed by atoms with Gasteiger partial charge in [0.05, 0.1) is 4.90 Å². The van der Waals surface area contributed by atoms with Crippen molar-refractivity contribution in [3.63, 3.8) is 0 Å². The molecule has 2 aromatic carbocycles. The lowest BCUT2D eigenvalue weighted by Crippen LogP contribution is -2.27. The molecule has 2 rings (SSSR count). The Morgan fingerprint density at radius 3 is 2.45 bits per heavy atom. The first-order valence-corrected chi connectivity index (χ1v) is 8.96. The van der Waals surface area contributed by atoms with E-state index in [1.54, 1.807) is 19.1 Å². The predicted octanol–water partition coefficient (Wildman–Crippen LogP) is 3.69. The Morgan fingerprint density at radius 2 is 1.82 bits per heavy atom. The highest BCUT2D eigenvalue weighted by Crippen LogP contribution is 2.24. The summed E-state index contributed by atoms with van der Waals surface area (Å²) in [6, 6.07) is 13.0. The second-order valence-electron chi connectivity index (χ2n) is 4.95. The highest BCUT2D eigenvalue weighted by molar-refractivity contribution is 9.10. The van der Waals surface area contributed by atoms with Gasteiger partial charge in [-0.3, -0.25) is 4.79 Å². The number of rotatable bonds is 5. The van der Waals surface area contributed by atoms with E-state index >= 15 is 0 Å². The van der Waals surface area contributed by atoms with Crippen molar-refractivity contribution in [1.29, 1.82) is 0 Å². The van der Waals surface area contributed by atoms with Crippen LogP contribution < -0.4 is 4.72 Å². The van der Waals surface area contributed by atoms with Crippen LogP contribution in [0.25, 0.3) is 0 Å². The van der Waals surface area contributed by atoms with Gasteiger partial charge in [-0.05, 0) is 37.6 Å². The van der Waals surface area contributed by atoms with Crippen molar-refractivity contribution in [3.05, 3.63) is 64.1 Å². The van der Waals surface area contributed by atoms with Crippen molar-refractivity contribution in [1.82, 2.24) is 4.72 Å². The summed E-state index contributed by atoms with van der Waals surface area (Å²) in [5.41, 5.74) is 1.21. The lowest BCUT2D eigenvalue weighted by Gasteiger charge is -2.16. The fraction of sp³-hybridized carbons (Fsp3) is 0.188. The second kappa shape index (κ2) is 6.73. The minimum Gasteiger partial charge on any atom is -0.295 e. The van der Waals surface area contributed by atoms with Crippen molar-refractivity contribution in [3.8, 4) is 0 Å². The van der Waals surface area contributed by atoms with Gasteiger partial charge in [0, 0.05) is 16.1 Å². The van der Waals surface area contributed by atoms with Gasteiger partial charge >= 0.3 is 0 Å². The number of sulfonamides is 1. The summed E-state index contributed by atoms with van der Waals surface area (Å²) in [6.07, 6.45) is 0. The Kier molecular flexibility index (Phi) is 5.16. The van der Waals surface area contributed by atoms with Crippen molar-refractivity contribution in [2.45, 2.75) is 24.8 Å². The minimum absolute atomic E-state index is 0.0825. The van der Waals surface area contributed by atoms with Crippen LogP contribution in [0, 0.1) is 0 Å². The van der Waals surface area contributed by atoms with E-state index in [2.05, 4.69) is 20.7 Å². The molecule has 0 saturated heterocycles. The summed E-state index contributed by atoms with van der Waals surface area (Å²) in [5, 5.41) is 0. The second-order valence-corrected chi connectivity index (χ2v) is 7.52. The summed E-state index contributed by atoms with van der Waals surface area (Å²) in [5.74, 6) is -0.170. The highest BCUT2D eigenvalue weighted by Gasteiger charge is 2.20. The van der Waals surface area contributed by atoms with Gasteiger partial charge in [-0.1, -0.05) is 46.3 Å². The SMILES string of the molecule is CC(=O)c1cccc(S(=O)(=O)N[C@H](C)c2ccccc2Br)c1. The molecule has 6 heteroatoms. The lowest BCUT2D eigenvalue weighted by molar-refractivity contribution is 0.101. The van der Waals surface area contributed by atoms with Crippen LogP contribution in [0.3, 0.4) is 0 Å². The van der Waals surface area contributed by atoms with Crippen LogP contribution in [0.1, 0.15) is 35.8 Å². The first-order chi connectivity index (χ1) is 10.3. The average molecular weight is 382 g/mol. The zero-order valence-electron chi connectivity index (χ0n) is 12.2. The van der Waals surface area contributed by atoms with Crippen LogP contribution in [0.4, 0.5) is 0 Å².